The molecule has 1 rings (SSSR count). The molecule has 0 aliphatic heterocycles. The van der Waals surface area contributed by atoms with Crippen molar-refractivity contribution >= 4 is 5.69 Å². The maximum atomic E-state index is 12.7. The van der Waals surface area contributed by atoms with Crippen LogP contribution in [0.4, 0.5) is 10.1 Å². The Morgan fingerprint density at radius 1 is 1.25 bits per heavy atom. The fourth-order valence-corrected chi connectivity index (χ4v) is 0.831. The molecule has 1 nitrogen and oxygen atoms in total. The molecule has 1 aromatic rings. The Hall–Kier alpha value is -1.05. The topological polar surface area (TPSA) is 12.0 Å². The molecule has 0 unspecified atom stereocenters. The van der Waals surface area contributed by atoms with Crippen molar-refractivity contribution in [1.29, 1.82) is 0 Å². The number of nitrogens with one attached hydrogen (secondary N) is 1. The summed E-state index contributed by atoms with van der Waals surface area (Å²) in [6.45, 7) is 5.93. The minimum atomic E-state index is -0.201. The molecule has 0 aliphatic carbocycles. The summed E-state index contributed by atoms with van der Waals surface area (Å²) in [6, 6.07) is 4.98. The zero-order valence-electron chi connectivity index (χ0n) is 8.11. The molecule has 1 N–H and O–H groups in total. The second-order valence-electron chi connectivity index (χ2n) is 2.23. The first-order valence-electron chi connectivity index (χ1n) is 4.18. The minimum Gasteiger partial charge on any atom is -0.386 e. The van der Waals surface area contributed by atoms with Crippen molar-refractivity contribution < 1.29 is 4.39 Å². The molecule has 0 aliphatic rings. The van der Waals surface area contributed by atoms with Gasteiger partial charge in [0.15, 0.2) is 0 Å². The quantitative estimate of drug-likeness (QED) is 0.680. The Balaban J connectivity index is 0.000000561. The van der Waals surface area contributed by atoms with Gasteiger partial charge in [-0.3, -0.25) is 0 Å². The first kappa shape index (κ1) is 11.0. The van der Waals surface area contributed by atoms with Gasteiger partial charge in [0.05, 0.1) is 5.69 Å². The predicted molar refractivity (Wildman–Crippen MR) is 52.0 cm³/mol. The molecule has 0 aromatic heterocycles. The van der Waals surface area contributed by atoms with E-state index in [0.717, 1.165) is 5.56 Å². The SMILES string of the molecule is CC.CNc1cc(C)ccc1F. The standard InChI is InChI=1S/C8H10FN.C2H6/c1-6-3-4-7(9)8(5-6)10-2;1-2/h3-5,10H,1-2H3;1-2H3. The molecular formula is C10H16FN. The third kappa shape index (κ3) is 2.91. The molecule has 0 bridgehead atoms. The van der Waals surface area contributed by atoms with Gasteiger partial charge < -0.3 is 5.32 Å². The average molecular weight is 169 g/mol. The smallest absolute Gasteiger partial charge is 0.146 e. The molecule has 0 spiro atoms. The lowest BCUT2D eigenvalue weighted by Crippen LogP contribution is -1.91. The Morgan fingerprint density at radius 2 is 1.83 bits per heavy atom. The summed E-state index contributed by atoms with van der Waals surface area (Å²) in [4.78, 5) is 0. The lowest BCUT2D eigenvalue weighted by Gasteiger charge is -2.01. The Bertz CT molecular complexity index is 233. The van der Waals surface area contributed by atoms with E-state index < -0.39 is 0 Å². The molecule has 0 fully saturated rings. The number of anilines is 1. The van der Waals surface area contributed by atoms with Gasteiger partial charge in [0.1, 0.15) is 5.82 Å². The second kappa shape index (κ2) is 5.58. The van der Waals surface area contributed by atoms with Crippen molar-refractivity contribution in [2.45, 2.75) is 20.8 Å². The van der Waals surface area contributed by atoms with Crippen LogP contribution in [0.1, 0.15) is 19.4 Å². The molecule has 0 heterocycles. The molecule has 0 amide bonds. The average Bonchev–Trinajstić information content (AvgIpc) is 2.13. The van der Waals surface area contributed by atoms with Crippen LogP contribution in [0.5, 0.6) is 0 Å². The van der Waals surface area contributed by atoms with Crippen LogP contribution in [0, 0.1) is 12.7 Å². The summed E-state index contributed by atoms with van der Waals surface area (Å²) >= 11 is 0. The van der Waals surface area contributed by atoms with Crippen LogP contribution in [0.2, 0.25) is 0 Å². The summed E-state index contributed by atoms with van der Waals surface area (Å²) in [5.41, 5.74) is 1.62. The first-order chi connectivity index (χ1) is 5.74. The van der Waals surface area contributed by atoms with Gasteiger partial charge >= 0.3 is 0 Å². The first-order valence-corrected chi connectivity index (χ1v) is 4.18. The number of benzene rings is 1. The molecule has 68 valence electrons. The molecule has 0 saturated carbocycles. The van der Waals surface area contributed by atoms with E-state index in [0.29, 0.717) is 5.69 Å². The summed E-state index contributed by atoms with van der Waals surface area (Å²) in [6.07, 6.45) is 0. The van der Waals surface area contributed by atoms with Gasteiger partial charge in [-0.05, 0) is 24.6 Å². The monoisotopic (exact) mass is 169 g/mol. The second-order valence-corrected chi connectivity index (χ2v) is 2.23. The van der Waals surface area contributed by atoms with Crippen molar-refractivity contribution in [3.8, 4) is 0 Å². The van der Waals surface area contributed by atoms with Crippen LogP contribution in [0.3, 0.4) is 0 Å². The van der Waals surface area contributed by atoms with Crippen LogP contribution >= 0.6 is 0 Å². The van der Waals surface area contributed by atoms with Crippen LogP contribution < -0.4 is 5.32 Å². The van der Waals surface area contributed by atoms with Gasteiger partial charge in [0, 0.05) is 7.05 Å². The van der Waals surface area contributed by atoms with Gasteiger partial charge in [-0.2, -0.15) is 0 Å². The third-order valence-electron chi connectivity index (χ3n) is 1.39. The molecule has 1 aromatic carbocycles. The molecule has 0 atom stereocenters. The summed E-state index contributed by atoms with van der Waals surface area (Å²) in [5.74, 6) is -0.201. The lowest BCUT2D eigenvalue weighted by molar-refractivity contribution is 0.631. The van der Waals surface area contributed by atoms with Crippen LogP contribution in [0.15, 0.2) is 18.2 Å². The van der Waals surface area contributed by atoms with Crippen molar-refractivity contribution in [3.05, 3.63) is 29.6 Å². The van der Waals surface area contributed by atoms with Gasteiger partial charge in [-0.25, -0.2) is 4.39 Å². The van der Waals surface area contributed by atoms with Crippen molar-refractivity contribution in [3.63, 3.8) is 0 Å². The van der Waals surface area contributed by atoms with Gasteiger partial charge in [0.25, 0.3) is 0 Å². The summed E-state index contributed by atoms with van der Waals surface area (Å²) in [7, 11) is 1.71. The van der Waals surface area contributed by atoms with E-state index in [1.807, 2.05) is 20.8 Å². The normalized spacial score (nSPS) is 8.42. The zero-order valence-corrected chi connectivity index (χ0v) is 8.11. The Labute approximate surface area is 73.6 Å². The molecule has 0 saturated heterocycles. The highest BCUT2D eigenvalue weighted by atomic mass is 19.1. The van der Waals surface area contributed by atoms with Crippen LogP contribution in [0.25, 0.3) is 0 Å². The predicted octanol–water partition coefficient (Wildman–Crippen LogP) is 3.20. The largest absolute Gasteiger partial charge is 0.386 e. The lowest BCUT2D eigenvalue weighted by atomic mass is 10.2. The van der Waals surface area contributed by atoms with Crippen LogP contribution in [-0.2, 0) is 0 Å². The zero-order chi connectivity index (χ0) is 9.56. The van der Waals surface area contributed by atoms with Gasteiger partial charge in [-0.1, -0.05) is 19.9 Å². The van der Waals surface area contributed by atoms with E-state index in [1.165, 1.54) is 6.07 Å². The van der Waals surface area contributed by atoms with Gasteiger partial charge in [0.2, 0.25) is 0 Å². The third-order valence-corrected chi connectivity index (χ3v) is 1.39. The van der Waals surface area contributed by atoms with Crippen molar-refractivity contribution in [1.82, 2.24) is 0 Å². The highest BCUT2D eigenvalue weighted by molar-refractivity contribution is 5.46. The van der Waals surface area contributed by atoms with E-state index in [4.69, 9.17) is 0 Å². The van der Waals surface area contributed by atoms with E-state index in [-0.39, 0.29) is 5.82 Å². The fraction of sp³-hybridized carbons (Fsp3) is 0.400. The van der Waals surface area contributed by atoms with Crippen molar-refractivity contribution in [2.75, 3.05) is 12.4 Å². The number of hydrogen-bond acceptors (Lipinski definition) is 1. The Morgan fingerprint density at radius 3 is 2.25 bits per heavy atom. The number of aryl methyl sites for hydroxylation is 1. The van der Waals surface area contributed by atoms with E-state index >= 15 is 0 Å². The summed E-state index contributed by atoms with van der Waals surface area (Å²) < 4.78 is 12.7. The maximum Gasteiger partial charge on any atom is 0.146 e. The number of hydrogen-bond donors (Lipinski definition) is 1. The Kier molecular flexibility index (Phi) is 5.09. The van der Waals surface area contributed by atoms with Crippen LogP contribution in [-0.4, -0.2) is 7.05 Å². The minimum absolute atomic E-state index is 0.201. The molecule has 2 heteroatoms. The van der Waals surface area contributed by atoms with E-state index in [1.54, 1.807) is 19.2 Å². The molecular weight excluding hydrogens is 153 g/mol. The van der Waals surface area contributed by atoms with E-state index in [9.17, 15) is 4.39 Å². The molecule has 12 heavy (non-hydrogen) atoms. The van der Waals surface area contributed by atoms with E-state index in [2.05, 4.69) is 5.32 Å². The summed E-state index contributed by atoms with van der Waals surface area (Å²) in [5, 5.41) is 2.76. The van der Waals surface area contributed by atoms with Crippen molar-refractivity contribution in [2.24, 2.45) is 0 Å². The fourth-order valence-electron chi connectivity index (χ4n) is 0.831. The number of halogens is 1. The number of rotatable bonds is 1. The highest BCUT2D eigenvalue weighted by Crippen LogP contribution is 2.13. The molecule has 0 radical (unpaired) electrons. The maximum absolute atomic E-state index is 12.7. The highest BCUT2D eigenvalue weighted by Gasteiger charge is 1.96. The van der Waals surface area contributed by atoms with Gasteiger partial charge in [-0.15, -0.1) is 0 Å².